The number of hydrogen-bond acceptors (Lipinski definition) is 5. The smallest absolute Gasteiger partial charge is 0.237 e. The Balaban J connectivity index is 1.49. The molecule has 7 heteroatoms. The van der Waals surface area contributed by atoms with Crippen molar-refractivity contribution in [2.75, 3.05) is 32.7 Å². The minimum absolute atomic E-state index is 0.0156. The number of piperazine rings is 1. The molecule has 2 saturated heterocycles. The van der Waals surface area contributed by atoms with Crippen molar-refractivity contribution in [3.8, 4) is 5.75 Å². The van der Waals surface area contributed by atoms with E-state index in [4.69, 9.17) is 4.74 Å². The first-order chi connectivity index (χ1) is 13.5. The van der Waals surface area contributed by atoms with E-state index in [0.717, 1.165) is 38.1 Å². The summed E-state index contributed by atoms with van der Waals surface area (Å²) in [5.74, 6) is 1.40. The lowest BCUT2D eigenvalue weighted by Crippen LogP contribution is -2.57. The Labute approximate surface area is 167 Å². The number of carbonyl (C=O) groups is 2. The Morgan fingerprint density at radius 2 is 2.11 bits per heavy atom. The van der Waals surface area contributed by atoms with Gasteiger partial charge in [-0.15, -0.1) is 0 Å². The lowest BCUT2D eigenvalue weighted by molar-refractivity contribution is -0.140. The number of aromatic nitrogens is 1. The summed E-state index contributed by atoms with van der Waals surface area (Å²) in [6.45, 7) is 8.05. The van der Waals surface area contributed by atoms with Crippen molar-refractivity contribution in [1.82, 2.24) is 20.1 Å². The molecule has 7 nitrogen and oxygen atoms in total. The van der Waals surface area contributed by atoms with Crippen molar-refractivity contribution in [1.29, 1.82) is 0 Å². The van der Waals surface area contributed by atoms with E-state index in [9.17, 15) is 9.59 Å². The molecule has 2 amide bonds. The van der Waals surface area contributed by atoms with Gasteiger partial charge < -0.3 is 15.0 Å². The third kappa shape index (κ3) is 5.67. The largest absolute Gasteiger partial charge is 0.489 e. The molecule has 0 saturated carbocycles. The molecule has 154 valence electrons. The molecular weight excluding hydrogens is 356 g/mol. The van der Waals surface area contributed by atoms with Crippen LogP contribution >= 0.6 is 0 Å². The highest BCUT2D eigenvalue weighted by Crippen LogP contribution is 2.20. The van der Waals surface area contributed by atoms with Crippen LogP contribution in [0.2, 0.25) is 0 Å². The van der Waals surface area contributed by atoms with Crippen LogP contribution in [0.15, 0.2) is 24.5 Å². The Morgan fingerprint density at radius 3 is 2.79 bits per heavy atom. The van der Waals surface area contributed by atoms with Crippen LogP contribution in [0.4, 0.5) is 0 Å². The fourth-order valence-corrected chi connectivity index (χ4v) is 3.80. The molecule has 1 N–H and O–H groups in total. The fourth-order valence-electron chi connectivity index (χ4n) is 3.80. The molecule has 0 aromatic carbocycles. The highest BCUT2D eigenvalue weighted by Gasteiger charge is 2.33. The predicted molar refractivity (Wildman–Crippen MR) is 107 cm³/mol. The van der Waals surface area contributed by atoms with Gasteiger partial charge >= 0.3 is 0 Å². The maximum atomic E-state index is 12.8. The molecule has 28 heavy (non-hydrogen) atoms. The molecular formula is C21H32N4O3. The summed E-state index contributed by atoms with van der Waals surface area (Å²) in [7, 11) is 0. The van der Waals surface area contributed by atoms with E-state index in [0.29, 0.717) is 25.6 Å². The molecule has 0 spiro atoms. The minimum Gasteiger partial charge on any atom is -0.489 e. The quantitative estimate of drug-likeness (QED) is 0.769. The van der Waals surface area contributed by atoms with E-state index < -0.39 is 0 Å². The van der Waals surface area contributed by atoms with Crippen LogP contribution < -0.4 is 10.1 Å². The highest BCUT2D eigenvalue weighted by atomic mass is 16.5. The van der Waals surface area contributed by atoms with Crippen LogP contribution in [0.1, 0.15) is 39.5 Å². The second kappa shape index (κ2) is 9.87. The Kier molecular flexibility index (Phi) is 7.25. The summed E-state index contributed by atoms with van der Waals surface area (Å²) in [5, 5.41) is 2.92. The summed E-state index contributed by atoms with van der Waals surface area (Å²) in [5.41, 5.74) is 0. The molecule has 2 aliphatic rings. The van der Waals surface area contributed by atoms with Crippen LogP contribution in [0.25, 0.3) is 0 Å². The van der Waals surface area contributed by atoms with Gasteiger partial charge in [-0.3, -0.25) is 19.5 Å². The van der Waals surface area contributed by atoms with Crippen LogP contribution in [0.3, 0.4) is 0 Å². The maximum absolute atomic E-state index is 12.8. The van der Waals surface area contributed by atoms with E-state index >= 15 is 0 Å². The zero-order valence-corrected chi connectivity index (χ0v) is 17.0. The highest BCUT2D eigenvalue weighted by molar-refractivity contribution is 5.88. The molecule has 1 aromatic heterocycles. The zero-order chi connectivity index (χ0) is 19.9. The maximum Gasteiger partial charge on any atom is 0.237 e. The van der Waals surface area contributed by atoms with Crippen molar-refractivity contribution in [2.45, 2.75) is 51.7 Å². The van der Waals surface area contributed by atoms with Crippen LogP contribution in [-0.2, 0) is 9.59 Å². The normalized spacial score (nSPS) is 21.6. The summed E-state index contributed by atoms with van der Waals surface area (Å²) < 4.78 is 5.95. The minimum atomic E-state index is -0.343. The van der Waals surface area contributed by atoms with Gasteiger partial charge in [-0.2, -0.15) is 0 Å². The van der Waals surface area contributed by atoms with Gasteiger partial charge in [0.05, 0.1) is 18.7 Å². The van der Waals surface area contributed by atoms with Crippen LogP contribution in [0.5, 0.6) is 5.75 Å². The lowest BCUT2D eigenvalue weighted by atomic mass is 10.0. The van der Waals surface area contributed by atoms with Gasteiger partial charge in [0, 0.05) is 45.2 Å². The number of pyridine rings is 1. The molecule has 1 atom stereocenters. The lowest BCUT2D eigenvalue weighted by Gasteiger charge is -2.37. The molecule has 1 unspecified atom stereocenters. The molecule has 0 bridgehead atoms. The first-order valence-corrected chi connectivity index (χ1v) is 10.4. The first kappa shape index (κ1) is 20.6. The topological polar surface area (TPSA) is 74.8 Å². The van der Waals surface area contributed by atoms with Crippen molar-refractivity contribution < 1.29 is 14.3 Å². The zero-order valence-electron chi connectivity index (χ0n) is 17.0. The average molecular weight is 389 g/mol. The van der Waals surface area contributed by atoms with Gasteiger partial charge in [0.1, 0.15) is 11.9 Å². The van der Waals surface area contributed by atoms with Crippen molar-refractivity contribution in [2.24, 2.45) is 5.92 Å². The van der Waals surface area contributed by atoms with Crippen molar-refractivity contribution in [3.63, 3.8) is 0 Å². The standard InChI is InChI=1S/C21H32N4O3/c1-16(2)5-10-24-13-9-23-21(27)19(24)14-20(26)25-11-6-17(7-12-25)28-18-4-3-8-22-15-18/h3-4,8,15-17,19H,5-7,9-14H2,1-2H3,(H,23,27). The van der Waals surface area contributed by atoms with E-state index in [1.165, 1.54) is 0 Å². The Morgan fingerprint density at radius 1 is 1.32 bits per heavy atom. The second-order valence-corrected chi connectivity index (χ2v) is 8.12. The number of nitrogens with one attached hydrogen (secondary N) is 1. The van der Waals surface area contributed by atoms with Gasteiger partial charge in [-0.1, -0.05) is 13.8 Å². The van der Waals surface area contributed by atoms with Gasteiger partial charge in [-0.25, -0.2) is 0 Å². The molecule has 2 aliphatic heterocycles. The van der Waals surface area contributed by atoms with Crippen molar-refractivity contribution >= 4 is 11.8 Å². The average Bonchev–Trinajstić information content (AvgIpc) is 2.69. The second-order valence-electron chi connectivity index (χ2n) is 8.12. The number of piperidine rings is 1. The summed E-state index contributed by atoms with van der Waals surface area (Å²) in [6.07, 6.45) is 6.44. The van der Waals surface area contributed by atoms with E-state index in [2.05, 4.69) is 29.0 Å². The molecule has 2 fully saturated rings. The molecule has 1 aromatic rings. The SMILES string of the molecule is CC(C)CCN1CCNC(=O)C1CC(=O)N1CCC(Oc2cccnc2)CC1. The van der Waals surface area contributed by atoms with Gasteiger partial charge in [-0.05, 0) is 31.0 Å². The molecule has 3 rings (SSSR count). The number of ether oxygens (including phenoxy) is 1. The summed E-state index contributed by atoms with van der Waals surface area (Å²) in [4.78, 5) is 33.3. The Bertz CT molecular complexity index is 644. The third-order valence-corrected chi connectivity index (χ3v) is 5.54. The number of rotatable bonds is 7. The summed E-state index contributed by atoms with van der Waals surface area (Å²) >= 11 is 0. The van der Waals surface area contributed by atoms with E-state index in [-0.39, 0.29) is 30.4 Å². The molecule has 0 aliphatic carbocycles. The fraction of sp³-hybridized carbons (Fsp3) is 0.667. The number of amides is 2. The summed E-state index contributed by atoms with van der Waals surface area (Å²) in [6, 6.07) is 3.41. The Hall–Kier alpha value is -2.15. The van der Waals surface area contributed by atoms with Gasteiger partial charge in [0.2, 0.25) is 11.8 Å². The van der Waals surface area contributed by atoms with Crippen molar-refractivity contribution in [3.05, 3.63) is 24.5 Å². The number of likely N-dealkylation sites (tertiary alicyclic amines) is 1. The predicted octanol–water partition coefficient (Wildman–Crippen LogP) is 1.69. The van der Waals surface area contributed by atoms with E-state index in [1.54, 1.807) is 12.4 Å². The van der Waals surface area contributed by atoms with Gasteiger partial charge in [0.15, 0.2) is 0 Å². The monoisotopic (exact) mass is 388 g/mol. The molecule has 3 heterocycles. The molecule has 0 radical (unpaired) electrons. The first-order valence-electron chi connectivity index (χ1n) is 10.4. The number of carbonyl (C=O) groups excluding carboxylic acids is 2. The number of hydrogen-bond donors (Lipinski definition) is 1. The number of nitrogens with zero attached hydrogens (tertiary/aromatic N) is 3. The van der Waals surface area contributed by atoms with Gasteiger partial charge in [0.25, 0.3) is 0 Å². The van der Waals surface area contributed by atoms with Crippen LogP contribution in [0, 0.1) is 5.92 Å². The third-order valence-electron chi connectivity index (χ3n) is 5.54. The van der Waals surface area contributed by atoms with Crippen LogP contribution in [-0.4, -0.2) is 71.5 Å². The van der Waals surface area contributed by atoms with E-state index in [1.807, 2.05) is 17.0 Å².